The lowest BCUT2D eigenvalue weighted by atomic mass is 10.1. The van der Waals surface area contributed by atoms with Gasteiger partial charge in [0.2, 0.25) is 21.8 Å². The molecule has 1 aromatic carbocycles. The zero-order chi connectivity index (χ0) is 21.3. The summed E-state index contributed by atoms with van der Waals surface area (Å²) in [7, 11) is -3.59. The van der Waals surface area contributed by atoms with Crippen LogP contribution in [0.4, 0.5) is 10.8 Å². The van der Waals surface area contributed by atoms with E-state index < -0.39 is 15.9 Å². The first-order valence-corrected chi connectivity index (χ1v) is 11.9. The van der Waals surface area contributed by atoms with Crippen LogP contribution in [0.25, 0.3) is 0 Å². The predicted octanol–water partition coefficient (Wildman–Crippen LogP) is 1.46. The van der Waals surface area contributed by atoms with E-state index in [0.717, 1.165) is 5.69 Å². The molecule has 2 fully saturated rings. The third-order valence-corrected chi connectivity index (χ3v) is 7.89. The van der Waals surface area contributed by atoms with Gasteiger partial charge in [-0.25, -0.2) is 13.4 Å². The molecular weight excluding hydrogens is 428 g/mol. The van der Waals surface area contributed by atoms with E-state index >= 15 is 0 Å². The molecule has 2 aromatic rings. The van der Waals surface area contributed by atoms with Gasteiger partial charge in [-0.2, -0.15) is 4.31 Å². The third kappa shape index (κ3) is 4.24. The van der Waals surface area contributed by atoms with Crippen LogP contribution in [-0.2, 0) is 24.3 Å². The van der Waals surface area contributed by atoms with Crippen LogP contribution in [0, 0.1) is 12.8 Å². The highest BCUT2D eigenvalue weighted by atomic mass is 32.2. The number of amides is 2. The summed E-state index contributed by atoms with van der Waals surface area (Å²) in [6.07, 6.45) is 0.101. The highest BCUT2D eigenvalue weighted by Gasteiger charge is 2.35. The lowest BCUT2D eigenvalue weighted by molar-refractivity contribution is -0.122. The van der Waals surface area contributed by atoms with E-state index in [4.69, 9.17) is 4.74 Å². The molecule has 30 heavy (non-hydrogen) atoms. The smallest absolute Gasteiger partial charge is 0.243 e. The number of hydrogen-bond acceptors (Lipinski definition) is 7. The van der Waals surface area contributed by atoms with Crippen LogP contribution in [-0.4, -0.2) is 62.4 Å². The normalized spacial score (nSPS) is 20.5. The first-order valence-electron chi connectivity index (χ1n) is 9.56. The van der Waals surface area contributed by atoms with Crippen molar-refractivity contribution in [3.8, 4) is 0 Å². The molecule has 0 aliphatic carbocycles. The van der Waals surface area contributed by atoms with Crippen LogP contribution in [0.2, 0.25) is 0 Å². The number of thiazole rings is 1. The van der Waals surface area contributed by atoms with Gasteiger partial charge in [0.05, 0.1) is 29.7 Å². The van der Waals surface area contributed by atoms with Crippen molar-refractivity contribution in [3.63, 3.8) is 0 Å². The number of hydrogen-bond donors (Lipinski definition) is 1. The van der Waals surface area contributed by atoms with Gasteiger partial charge in [0.15, 0.2) is 5.13 Å². The molecule has 2 amide bonds. The summed E-state index contributed by atoms with van der Waals surface area (Å²) in [4.78, 5) is 30.9. The average molecular weight is 451 g/mol. The molecule has 1 N–H and O–H groups in total. The van der Waals surface area contributed by atoms with Crippen LogP contribution < -0.4 is 10.2 Å². The van der Waals surface area contributed by atoms with Gasteiger partial charge < -0.3 is 15.0 Å². The zero-order valence-corrected chi connectivity index (χ0v) is 18.0. The van der Waals surface area contributed by atoms with Gasteiger partial charge >= 0.3 is 0 Å². The first kappa shape index (κ1) is 20.9. The molecule has 160 valence electrons. The number of nitrogens with one attached hydrogen (secondary N) is 1. The summed E-state index contributed by atoms with van der Waals surface area (Å²) < 4.78 is 32.1. The summed E-state index contributed by atoms with van der Waals surface area (Å²) in [6, 6.07) is 6.21. The molecule has 2 aliphatic heterocycles. The van der Waals surface area contributed by atoms with Gasteiger partial charge in [-0.3, -0.25) is 9.59 Å². The first-order chi connectivity index (χ1) is 14.3. The Balaban J connectivity index is 1.44. The zero-order valence-electron chi connectivity index (χ0n) is 16.4. The van der Waals surface area contributed by atoms with Crippen LogP contribution in [0.5, 0.6) is 0 Å². The molecule has 4 rings (SSSR count). The Morgan fingerprint density at radius 2 is 1.93 bits per heavy atom. The fourth-order valence-electron chi connectivity index (χ4n) is 3.49. The molecule has 2 saturated heterocycles. The molecule has 0 saturated carbocycles. The molecule has 1 unspecified atom stereocenters. The average Bonchev–Trinajstić information content (AvgIpc) is 3.34. The highest BCUT2D eigenvalue weighted by Crippen LogP contribution is 2.28. The van der Waals surface area contributed by atoms with Gasteiger partial charge in [0.25, 0.3) is 0 Å². The fraction of sp³-hybridized carbons (Fsp3) is 0.421. The Labute approximate surface area is 178 Å². The van der Waals surface area contributed by atoms with Crippen LogP contribution in [0.1, 0.15) is 12.1 Å². The maximum absolute atomic E-state index is 12.7. The fourth-order valence-corrected chi connectivity index (χ4v) is 5.58. The SMILES string of the molecule is Cc1csc(NC(=O)C2CC(=O)N(c3ccc(S(=O)(=O)N4CCOCC4)cc3)C2)n1. The summed E-state index contributed by atoms with van der Waals surface area (Å²) in [5.74, 6) is -0.903. The number of carbonyl (C=O) groups is 2. The van der Waals surface area contributed by atoms with Crippen molar-refractivity contribution in [2.75, 3.05) is 43.1 Å². The largest absolute Gasteiger partial charge is 0.379 e. The molecule has 1 atom stereocenters. The Morgan fingerprint density at radius 3 is 2.57 bits per heavy atom. The second kappa shape index (κ2) is 8.42. The molecule has 3 heterocycles. The summed E-state index contributed by atoms with van der Waals surface area (Å²) in [6.45, 7) is 3.49. The standard InChI is InChI=1S/C19H22N4O5S2/c1-13-12-29-19(20-13)21-18(25)14-10-17(24)23(11-14)15-2-4-16(5-3-15)30(26,27)22-6-8-28-9-7-22/h2-5,12,14H,6-11H2,1H3,(H,20,21,25). The number of sulfonamides is 1. The topological polar surface area (TPSA) is 109 Å². The summed E-state index contributed by atoms with van der Waals surface area (Å²) in [5.41, 5.74) is 1.40. The number of benzene rings is 1. The van der Waals surface area contributed by atoms with Crippen molar-refractivity contribution < 1.29 is 22.7 Å². The van der Waals surface area contributed by atoms with Crippen LogP contribution in [0.15, 0.2) is 34.5 Å². The van der Waals surface area contributed by atoms with Crippen molar-refractivity contribution in [2.45, 2.75) is 18.2 Å². The Kier molecular flexibility index (Phi) is 5.87. The number of aromatic nitrogens is 1. The number of rotatable bonds is 5. The van der Waals surface area contributed by atoms with Crippen molar-refractivity contribution in [3.05, 3.63) is 35.3 Å². The molecule has 0 radical (unpaired) electrons. The Morgan fingerprint density at radius 1 is 1.23 bits per heavy atom. The Hall–Kier alpha value is -2.34. The van der Waals surface area contributed by atoms with E-state index in [9.17, 15) is 18.0 Å². The lowest BCUT2D eigenvalue weighted by Crippen LogP contribution is -2.40. The monoisotopic (exact) mass is 450 g/mol. The van der Waals surface area contributed by atoms with E-state index in [1.807, 2.05) is 12.3 Å². The number of anilines is 2. The van der Waals surface area contributed by atoms with Gasteiger partial charge in [-0.05, 0) is 31.2 Å². The van der Waals surface area contributed by atoms with Gasteiger partial charge in [-0.15, -0.1) is 11.3 Å². The van der Waals surface area contributed by atoms with Gasteiger partial charge in [-0.1, -0.05) is 0 Å². The molecular formula is C19H22N4O5S2. The molecule has 11 heteroatoms. The second-order valence-electron chi connectivity index (χ2n) is 7.20. The molecule has 0 spiro atoms. The van der Waals surface area contributed by atoms with E-state index in [1.54, 1.807) is 12.1 Å². The molecule has 2 aliphatic rings. The maximum Gasteiger partial charge on any atom is 0.243 e. The van der Waals surface area contributed by atoms with E-state index in [1.165, 1.54) is 32.7 Å². The van der Waals surface area contributed by atoms with E-state index in [-0.39, 0.29) is 29.7 Å². The minimum absolute atomic E-state index is 0.101. The summed E-state index contributed by atoms with van der Waals surface area (Å²) in [5, 5.41) is 5.11. The van der Waals surface area contributed by atoms with Crippen molar-refractivity contribution in [1.82, 2.24) is 9.29 Å². The van der Waals surface area contributed by atoms with Gasteiger partial charge in [0.1, 0.15) is 0 Å². The highest BCUT2D eigenvalue weighted by molar-refractivity contribution is 7.89. The minimum Gasteiger partial charge on any atom is -0.379 e. The van der Waals surface area contributed by atoms with Crippen molar-refractivity contribution >= 4 is 44.0 Å². The molecule has 1 aromatic heterocycles. The molecule has 0 bridgehead atoms. The number of nitrogens with zero attached hydrogens (tertiary/aromatic N) is 3. The van der Waals surface area contributed by atoms with Crippen molar-refractivity contribution in [2.24, 2.45) is 5.92 Å². The third-order valence-electron chi connectivity index (χ3n) is 5.10. The number of aryl methyl sites for hydroxylation is 1. The van der Waals surface area contributed by atoms with E-state index in [2.05, 4.69) is 10.3 Å². The number of carbonyl (C=O) groups excluding carboxylic acids is 2. The lowest BCUT2D eigenvalue weighted by Gasteiger charge is -2.26. The second-order valence-corrected chi connectivity index (χ2v) is 10.00. The van der Waals surface area contributed by atoms with Gasteiger partial charge in [0, 0.05) is 37.1 Å². The number of ether oxygens (including phenoxy) is 1. The predicted molar refractivity (Wildman–Crippen MR) is 112 cm³/mol. The summed E-state index contributed by atoms with van der Waals surface area (Å²) >= 11 is 1.34. The quantitative estimate of drug-likeness (QED) is 0.739. The Bertz CT molecular complexity index is 1050. The van der Waals surface area contributed by atoms with Crippen molar-refractivity contribution in [1.29, 1.82) is 0 Å². The maximum atomic E-state index is 12.7. The minimum atomic E-state index is -3.59. The molecule has 9 nitrogen and oxygen atoms in total. The van der Waals surface area contributed by atoms with Crippen LogP contribution >= 0.6 is 11.3 Å². The van der Waals surface area contributed by atoms with Crippen LogP contribution in [0.3, 0.4) is 0 Å². The number of morpholine rings is 1. The van der Waals surface area contributed by atoms with E-state index in [0.29, 0.717) is 37.1 Å².